The van der Waals surface area contributed by atoms with E-state index in [-0.39, 0.29) is 12.8 Å². The van der Waals surface area contributed by atoms with Crippen LogP contribution in [-0.2, 0) is 14.3 Å². The minimum atomic E-state index is -4.63. The predicted octanol–water partition coefficient (Wildman–Crippen LogP) is 1.69. The fourth-order valence-corrected chi connectivity index (χ4v) is 1.37. The Kier molecular flexibility index (Phi) is 4.18. The fraction of sp³-hybridized carbons (Fsp3) is 1.00. The van der Waals surface area contributed by atoms with Crippen LogP contribution in [0.5, 0.6) is 0 Å². The Bertz CT molecular complexity index is 244. The Morgan fingerprint density at radius 2 is 1.85 bits per heavy atom. The van der Waals surface area contributed by atoms with E-state index < -0.39 is 22.4 Å². The Hall–Kier alpha value is -0.300. The first-order chi connectivity index (χ1) is 5.67. The maximum Gasteiger partial charge on any atom is 0.416 e. The molecule has 0 saturated carbocycles. The van der Waals surface area contributed by atoms with Gasteiger partial charge in [-0.25, -0.2) is 0 Å². The molecule has 0 N–H and O–H groups in total. The van der Waals surface area contributed by atoms with E-state index in [4.69, 9.17) is 0 Å². The Morgan fingerprint density at radius 1 is 1.38 bits per heavy atom. The second-order valence-electron chi connectivity index (χ2n) is 2.62. The lowest BCUT2D eigenvalue weighted by atomic mass is 10.2. The third kappa shape index (κ3) is 5.87. The van der Waals surface area contributed by atoms with Crippen LogP contribution < -0.4 is 0 Å². The summed E-state index contributed by atoms with van der Waals surface area (Å²) in [4.78, 5) is 0. The summed E-state index contributed by atoms with van der Waals surface area (Å²) in [6, 6.07) is 0. The first kappa shape index (κ1) is 12.7. The monoisotopic (exact) mass is 220 g/mol. The largest absolute Gasteiger partial charge is 0.416 e. The molecule has 13 heavy (non-hydrogen) atoms. The van der Waals surface area contributed by atoms with Crippen LogP contribution in [-0.4, -0.2) is 27.0 Å². The second-order valence-corrected chi connectivity index (χ2v) is 4.22. The lowest BCUT2D eigenvalue weighted by Gasteiger charge is -2.18. The predicted molar refractivity (Wildman–Crippen MR) is 40.7 cm³/mol. The molecule has 0 aromatic heterocycles. The van der Waals surface area contributed by atoms with Crippen LogP contribution in [0.1, 0.15) is 19.8 Å². The van der Waals surface area contributed by atoms with E-state index in [0.717, 1.165) is 0 Å². The van der Waals surface area contributed by atoms with E-state index in [1.165, 1.54) is 6.92 Å². The minimum Gasteiger partial charge on any atom is -0.257 e. The van der Waals surface area contributed by atoms with Gasteiger partial charge >= 0.3 is 6.18 Å². The van der Waals surface area contributed by atoms with E-state index in [9.17, 15) is 21.6 Å². The molecule has 0 aromatic carbocycles. The highest BCUT2D eigenvalue weighted by atomic mass is 32.2. The number of rotatable bonds is 4. The molecule has 0 saturated heterocycles. The van der Waals surface area contributed by atoms with E-state index in [1.54, 1.807) is 0 Å². The van der Waals surface area contributed by atoms with Crippen molar-refractivity contribution in [3.63, 3.8) is 0 Å². The van der Waals surface area contributed by atoms with Crippen molar-refractivity contribution >= 4 is 10.1 Å². The molecule has 0 aliphatic heterocycles. The molecule has 3 nitrogen and oxygen atoms in total. The molecule has 0 aliphatic carbocycles. The zero-order valence-corrected chi connectivity index (χ0v) is 8.07. The normalized spacial score (nSPS) is 15.8. The smallest absolute Gasteiger partial charge is 0.257 e. The van der Waals surface area contributed by atoms with Crippen LogP contribution in [0, 0.1) is 0 Å². The van der Waals surface area contributed by atoms with Crippen molar-refractivity contribution < 1.29 is 25.8 Å². The second kappa shape index (κ2) is 4.28. The summed E-state index contributed by atoms with van der Waals surface area (Å²) < 4.78 is 60.9. The average molecular weight is 220 g/mol. The molecule has 0 bridgehead atoms. The Labute approximate surface area is 75.0 Å². The molecule has 0 radical (unpaired) electrons. The van der Waals surface area contributed by atoms with Gasteiger partial charge in [0.15, 0.2) is 6.10 Å². The third-order valence-electron chi connectivity index (χ3n) is 1.21. The van der Waals surface area contributed by atoms with Crippen molar-refractivity contribution in [3.05, 3.63) is 0 Å². The van der Waals surface area contributed by atoms with E-state index in [0.29, 0.717) is 6.26 Å². The van der Waals surface area contributed by atoms with Crippen molar-refractivity contribution in [2.75, 3.05) is 6.26 Å². The molecule has 1 unspecified atom stereocenters. The van der Waals surface area contributed by atoms with Gasteiger partial charge < -0.3 is 0 Å². The molecule has 7 heteroatoms. The molecule has 80 valence electrons. The van der Waals surface area contributed by atoms with Gasteiger partial charge in [-0.15, -0.1) is 0 Å². The molecule has 0 spiro atoms. The first-order valence-electron chi connectivity index (χ1n) is 3.61. The van der Waals surface area contributed by atoms with Gasteiger partial charge in [0, 0.05) is 0 Å². The summed E-state index contributed by atoms with van der Waals surface area (Å²) in [7, 11) is -4.05. The SMILES string of the molecule is CCCC(OS(C)(=O)=O)C(F)(F)F. The summed E-state index contributed by atoms with van der Waals surface area (Å²) in [6.07, 6.45) is -6.39. The van der Waals surface area contributed by atoms with Crippen LogP contribution in [0.4, 0.5) is 13.2 Å². The molecule has 0 amide bonds. The zero-order chi connectivity index (χ0) is 10.7. The van der Waals surface area contributed by atoms with E-state index in [2.05, 4.69) is 4.18 Å². The van der Waals surface area contributed by atoms with Crippen molar-refractivity contribution in [1.82, 2.24) is 0 Å². The quantitative estimate of drug-likeness (QED) is 0.677. The van der Waals surface area contributed by atoms with Gasteiger partial charge in [-0.05, 0) is 6.42 Å². The molecule has 0 rings (SSSR count). The maximum atomic E-state index is 12.0. The Balaban J connectivity index is 4.45. The van der Waals surface area contributed by atoms with E-state index >= 15 is 0 Å². The molecule has 0 aliphatic rings. The highest BCUT2D eigenvalue weighted by Gasteiger charge is 2.42. The number of hydrogen-bond donors (Lipinski definition) is 0. The highest BCUT2D eigenvalue weighted by Crippen LogP contribution is 2.27. The molecular formula is C6H11F3O3S. The van der Waals surface area contributed by atoms with E-state index in [1.807, 2.05) is 0 Å². The number of alkyl halides is 3. The van der Waals surface area contributed by atoms with Gasteiger partial charge in [0.1, 0.15) is 0 Å². The lowest BCUT2D eigenvalue weighted by molar-refractivity contribution is -0.195. The lowest BCUT2D eigenvalue weighted by Crippen LogP contribution is -2.33. The number of halogens is 3. The Morgan fingerprint density at radius 3 is 2.08 bits per heavy atom. The van der Waals surface area contributed by atoms with Crippen LogP contribution >= 0.6 is 0 Å². The van der Waals surface area contributed by atoms with Crippen molar-refractivity contribution in [2.24, 2.45) is 0 Å². The van der Waals surface area contributed by atoms with Crippen molar-refractivity contribution in [1.29, 1.82) is 0 Å². The van der Waals surface area contributed by atoms with Crippen LogP contribution in [0.2, 0.25) is 0 Å². The standard InChI is InChI=1S/C6H11F3O3S/c1-3-4-5(6(7,8)9)12-13(2,10)11/h5H,3-4H2,1-2H3. The molecule has 0 fully saturated rings. The third-order valence-corrected chi connectivity index (χ3v) is 1.79. The highest BCUT2D eigenvalue weighted by molar-refractivity contribution is 7.86. The average Bonchev–Trinajstić information content (AvgIpc) is 1.81. The van der Waals surface area contributed by atoms with Gasteiger partial charge in [-0.3, -0.25) is 4.18 Å². The fourth-order valence-electron chi connectivity index (χ4n) is 0.740. The first-order valence-corrected chi connectivity index (χ1v) is 5.43. The summed E-state index contributed by atoms with van der Waals surface area (Å²) in [5.41, 5.74) is 0. The summed E-state index contributed by atoms with van der Waals surface area (Å²) >= 11 is 0. The topological polar surface area (TPSA) is 43.4 Å². The zero-order valence-electron chi connectivity index (χ0n) is 7.26. The molecular weight excluding hydrogens is 209 g/mol. The van der Waals surface area contributed by atoms with Gasteiger partial charge in [-0.2, -0.15) is 21.6 Å². The minimum absolute atomic E-state index is 0.208. The molecule has 0 aromatic rings. The summed E-state index contributed by atoms with van der Waals surface area (Å²) in [6.45, 7) is 1.52. The van der Waals surface area contributed by atoms with Crippen molar-refractivity contribution in [2.45, 2.75) is 32.0 Å². The van der Waals surface area contributed by atoms with Crippen LogP contribution in [0.25, 0.3) is 0 Å². The van der Waals surface area contributed by atoms with Gasteiger partial charge in [0.2, 0.25) is 0 Å². The van der Waals surface area contributed by atoms with Crippen LogP contribution in [0.15, 0.2) is 0 Å². The summed E-state index contributed by atoms with van der Waals surface area (Å²) in [5, 5.41) is 0. The van der Waals surface area contributed by atoms with Gasteiger partial charge in [-0.1, -0.05) is 13.3 Å². The maximum absolute atomic E-state index is 12.0. The van der Waals surface area contributed by atoms with Crippen LogP contribution in [0.3, 0.4) is 0 Å². The van der Waals surface area contributed by atoms with Crippen molar-refractivity contribution in [3.8, 4) is 0 Å². The van der Waals surface area contributed by atoms with Gasteiger partial charge in [0.25, 0.3) is 10.1 Å². The molecule has 1 atom stereocenters. The van der Waals surface area contributed by atoms with Gasteiger partial charge in [0.05, 0.1) is 6.26 Å². The number of hydrogen-bond acceptors (Lipinski definition) is 3. The molecule has 0 heterocycles. The summed E-state index contributed by atoms with van der Waals surface area (Å²) in [5.74, 6) is 0.